The van der Waals surface area contributed by atoms with Gasteiger partial charge in [-0.3, -0.25) is 9.10 Å². The average molecular weight is 569 g/mol. The molecular weight excluding hydrogens is 540 g/mol. The molecule has 1 aromatic heterocycles. The summed E-state index contributed by atoms with van der Waals surface area (Å²) >= 11 is 7.60. The number of thiophene rings is 1. The number of hydrogen-bond acceptors (Lipinski definition) is 5. The number of piperidine rings is 1. The Labute approximate surface area is 232 Å². The molecule has 9 heteroatoms. The summed E-state index contributed by atoms with van der Waals surface area (Å²) in [7, 11) is -0.858. The van der Waals surface area contributed by atoms with Crippen LogP contribution >= 0.6 is 22.9 Å². The molecule has 4 aromatic rings. The number of fused-ring (bicyclic) bond motifs is 1. The Hall–Kier alpha value is -3.07. The van der Waals surface area contributed by atoms with Crippen LogP contribution in [0.25, 0.3) is 10.1 Å². The summed E-state index contributed by atoms with van der Waals surface area (Å²) in [6.45, 7) is 1.50. The van der Waals surface area contributed by atoms with Gasteiger partial charge in [0.1, 0.15) is 5.75 Å². The summed E-state index contributed by atoms with van der Waals surface area (Å²) in [4.78, 5) is 16.0. The van der Waals surface area contributed by atoms with Crippen molar-refractivity contribution in [2.75, 3.05) is 31.6 Å². The van der Waals surface area contributed by atoms with Crippen LogP contribution in [-0.2, 0) is 16.4 Å². The van der Waals surface area contributed by atoms with Crippen molar-refractivity contribution >= 4 is 54.6 Å². The van der Waals surface area contributed by atoms with Crippen molar-refractivity contribution in [3.63, 3.8) is 0 Å². The lowest BCUT2D eigenvalue weighted by Gasteiger charge is -2.31. The first-order chi connectivity index (χ1) is 18.3. The average Bonchev–Trinajstić information content (AvgIpc) is 3.36. The maximum absolute atomic E-state index is 13.3. The van der Waals surface area contributed by atoms with Crippen molar-refractivity contribution < 1.29 is 17.9 Å². The van der Waals surface area contributed by atoms with Gasteiger partial charge in [0.15, 0.2) is 0 Å². The second-order valence-electron chi connectivity index (χ2n) is 9.53. The Morgan fingerprint density at radius 1 is 1.05 bits per heavy atom. The van der Waals surface area contributed by atoms with Crippen LogP contribution in [0.3, 0.4) is 0 Å². The molecule has 1 saturated heterocycles. The van der Waals surface area contributed by atoms with E-state index in [0.29, 0.717) is 22.2 Å². The Morgan fingerprint density at radius 3 is 2.47 bits per heavy atom. The minimum Gasteiger partial charge on any atom is -0.495 e. The molecule has 1 aliphatic rings. The number of sulfonamides is 1. The van der Waals surface area contributed by atoms with Crippen LogP contribution in [0.15, 0.2) is 77.7 Å². The van der Waals surface area contributed by atoms with Crippen LogP contribution in [0.4, 0.5) is 5.69 Å². The molecule has 1 aliphatic heterocycles. The van der Waals surface area contributed by atoms with Gasteiger partial charge >= 0.3 is 0 Å². The van der Waals surface area contributed by atoms with Gasteiger partial charge < -0.3 is 9.64 Å². The molecule has 1 amide bonds. The summed E-state index contributed by atoms with van der Waals surface area (Å²) in [6.07, 6.45) is 3.04. The van der Waals surface area contributed by atoms with E-state index in [0.717, 1.165) is 42.4 Å². The highest BCUT2D eigenvalue weighted by atomic mass is 35.5. The van der Waals surface area contributed by atoms with Crippen molar-refractivity contribution in [3.05, 3.63) is 88.3 Å². The van der Waals surface area contributed by atoms with Crippen molar-refractivity contribution in [1.29, 1.82) is 0 Å². The van der Waals surface area contributed by atoms with Crippen LogP contribution in [0.2, 0.25) is 5.02 Å². The fourth-order valence-corrected chi connectivity index (χ4v) is 7.43. The molecule has 3 aromatic carbocycles. The number of amides is 1. The first-order valence-corrected chi connectivity index (χ1v) is 15.1. The van der Waals surface area contributed by atoms with E-state index in [1.54, 1.807) is 12.1 Å². The minimum absolute atomic E-state index is 0.0414. The zero-order valence-corrected chi connectivity index (χ0v) is 23.7. The maximum atomic E-state index is 13.3. The summed E-state index contributed by atoms with van der Waals surface area (Å²) in [5.74, 6) is 1.04. The highest BCUT2D eigenvalue weighted by molar-refractivity contribution is 7.92. The van der Waals surface area contributed by atoms with Crippen molar-refractivity contribution in [1.82, 2.24) is 4.90 Å². The molecule has 0 bridgehead atoms. The number of hydrogen-bond donors (Lipinski definition) is 0. The number of benzene rings is 3. The summed E-state index contributed by atoms with van der Waals surface area (Å²) < 4.78 is 33.8. The van der Waals surface area contributed by atoms with E-state index in [2.05, 4.69) is 24.3 Å². The fraction of sp³-hybridized carbons (Fsp3) is 0.276. The van der Waals surface area contributed by atoms with Gasteiger partial charge in [0, 0.05) is 24.8 Å². The van der Waals surface area contributed by atoms with Crippen molar-refractivity contribution in [3.8, 4) is 5.75 Å². The van der Waals surface area contributed by atoms with Gasteiger partial charge in [-0.05, 0) is 78.6 Å². The summed E-state index contributed by atoms with van der Waals surface area (Å²) in [6, 6.07) is 22.2. The van der Waals surface area contributed by atoms with E-state index in [1.807, 2.05) is 23.1 Å². The largest absolute Gasteiger partial charge is 0.495 e. The molecule has 198 valence electrons. The first-order valence-electron chi connectivity index (χ1n) is 12.5. The summed E-state index contributed by atoms with van der Waals surface area (Å²) in [5.41, 5.74) is 1.85. The second kappa shape index (κ2) is 11.0. The highest BCUT2D eigenvalue weighted by Gasteiger charge is 2.26. The van der Waals surface area contributed by atoms with E-state index in [1.165, 1.54) is 53.6 Å². The lowest BCUT2D eigenvalue weighted by atomic mass is 9.90. The van der Waals surface area contributed by atoms with Gasteiger partial charge in [0.05, 0.1) is 27.6 Å². The predicted molar refractivity (Wildman–Crippen MR) is 154 cm³/mol. The third-order valence-corrected chi connectivity index (χ3v) is 10.3. The molecule has 0 saturated carbocycles. The first kappa shape index (κ1) is 26.5. The topological polar surface area (TPSA) is 66.9 Å². The molecule has 5 rings (SSSR count). The number of carbonyl (C=O) groups excluding carboxylic acids is 1. The van der Waals surface area contributed by atoms with E-state index < -0.39 is 10.0 Å². The van der Waals surface area contributed by atoms with Crippen LogP contribution in [0.5, 0.6) is 5.75 Å². The monoisotopic (exact) mass is 568 g/mol. The zero-order valence-electron chi connectivity index (χ0n) is 21.3. The molecule has 0 radical (unpaired) electrons. The van der Waals surface area contributed by atoms with Crippen molar-refractivity contribution in [2.24, 2.45) is 5.92 Å². The third-order valence-electron chi connectivity index (χ3n) is 7.12. The molecule has 0 unspecified atom stereocenters. The standard InChI is InChI=1S/C29H29ClN2O4S2/c1-31(38(34,35)24-9-10-26(36-2)25(30)19-24)23-8-11-27-22(17-23)18-28(37-27)29(33)32-14-12-21(13-15-32)16-20-6-4-3-5-7-20/h3-11,17-19,21H,12-16H2,1-2H3. The Morgan fingerprint density at radius 2 is 1.79 bits per heavy atom. The quantitative estimate of drug-likeness (QED) is 0.256. The summed E-state index contributed by atoms with van der Waals surface area (Å²) in [5, 5.41) is 1.06. The number of rotatable bonds is 7. The molecule has 6 nitrogen and oxygen atoms in total. The molecule has 0 N–H and O–H groups in total. The fourth-order valence-electron chi connectivity index (χ4n) is 4.88. The van der Waals surface area contributed by atoms with Crippen LogP contribution in [0.1, 0.15) is 28.1 Å². The van der Waals surface area contributed by atoms with E-state index in [-0.39, 0.29) is 15.8 Å². The Bertz CT molecular complexity index is 1560. The molecule has 0 spiro atoms. The van der Waals surface area contributed by atoms with Gasteiger partial charge in [0.2, 0.25) is 0 Å². The zero-order chi connectivity index (χ0) is 26.9. The molecule has 2 heterocycles. The second-order valence-corrected chi connectivity index (χ2v) is 13.0. The number of anilines is 1. The van der Waals surface area contributed by atoms with E-state index >= 15 is 0 Å². The van der Waals surface area contributed by atoms with Crippen LogP contribution in [-0.4, -0.2) is 46.5 Å². The SMILES string of the molecule is COc1ccc(S(=O)(=O)N(C)c2ccc3sc(C(=O)N4CCC(Cc5ccccc5)CC4)cc3c2)cc1Cl. The number of nitrogens with zero attached hydrogens (tertiary/aromatic N) is 2. The number of likely N-dealkylation sites (tertiary alicyclic amines) is 1. The highest BCUT2D eigenvalue weighted by Crippen LogP contribution is 2.34. The third kappa shape index (κ3) is 5.39. The predicted octanol–water partition coefficient (Wildman–Crippen LogP) is 6.48. The van der Waals surface area contributed by atoms with Gasteiger partial charge in [0.25, 0.3) is 15.9 Å². The van der Waals surface area contributed by atoms with Gasteiger partial charge in [-0.25, -0.2) is 8.42 Å². The number of carbonyl (C=O) groups is 1. The maximum Gasteiger partial charge on any atom is 0.264 e. The van der Waals surface area contributed by atoms with Crippen molar-refractivity contribution in [2.45, 2.75) is 24.2 Å². The number of ether oxygens (including phenoxy) is 1. The molecular formula is C29H29ClN2O4S2. The van der Waals surface area contributed by atoms with Gasteiger partial charge in [-0.1, -0.05) is 41.9 Å². The van der Waals surface area contributed by atoms with Gasteiger partial charge in [-0.15, -0.1) is 11.3 Å². The van der Waals surface area contributed by atoms with Gasteiger partial charge in [-0.2, -0.15) is 0 Å². The Kier molecular flexibility index (Phi) is 7.66. The molecule has 38 heavy (non-hydrogen) atoms. The Balaban J connectivity index is 1.29. The number of halogens is 1. The van der Waals surface area contributed by atoms with Crippen LogP contribution in [0, 0.1) is 5.92 Å². The lowest BCUT2D eigenvalue weighted by molar-refractivity contribution is 0.0695. The molecule has 1 fully saturated rings. The normalized spacial score (nSPS) is 14.6. The van der Waals surface area contributed by atoms with E-state index in [4.69, 9.17) is 16.3 Å². The van der Waals surface area contributed by atoms with Crippen LogP contribution < -0.4 is 9.04 Å². The molecule has 0 aliphatic carbocycles. The van der Waals surface area contributed by atoms with E-state index in [9.17, 15) is 13.2 Å². The number of methoxy groups -OCH3 is 1. The minimum atomic E-state index is -3.84. The molecule has 0 atom stereocenters. The lowest BCUT2D eigenvalue weighted by Crippen LogP contribution is -2.38. The smallest absolute Gasteiger partial charge is 0.264 e.